The van der Waals surface area contributed by atoms with Crippen molar-refractivity contribution in [3.8, 4) is 0 Å². The lowest BCUT2D eigenvalue weighted by Crippen LogP contribution is -2.29. The molecule has 0 radical (unpaired) electrons. The first-order valence-electron chi connectivity index (χ1n) is 8.13. The summed E-state index contributed by atoms with van der Waals surface area (Å²) in [6, 6.07) is 15.5. The summed E-state index contributed by atoms with van der Waals surface area (Å²) in [5, 5.41) is 0.652. The maximum absolute atomic E-state index is 12.9. The van der Waals surface area contributed by atoms with Crippen LogP contribution in [0.2, 0.25) is 0 Å². The van der Waals surface area contributed by atoms with Gasteiger partial charge in [-0.3, -0.25) is 9.36 Å². The number of aromatic nitrogens is 2. The Hall–Kier alpha value is -2.24. The molecule has 128 valence electrons. The van der Waals surface area contributed by atoms with Gasteiger partial charge in [0.2, 0.25) is 0 Å². The van der Waals surface area contributed by atoms with Gasteiger partial charge in [0, 0.05) is 17.6 Å². The Morgan fingerprint density at radius 3 is 2.56 bits per heavy atom. The van der Waals surface area contributed by atoms with Crippen LogP contribution in [-0.4, -0.2) is 35.1 Å². The summed E-state index contributed by atoms with van der Waals surface area (Å²) in [6.07, 6.45) is 3.89. The van der Waals surface area contributed by atoms with Crippen molar-refractivity contribution in [1.29, 1.82) is 0 Å². The lowest BCUT2D eigenvalue weighted by Gasteiger charge is -2.14. The lowest BCUT2D eigenvalue weighted by molar-refractivity contribution is 0.379. The number of hydrogen-bond donors (Lipinski definition) is 0. The number of para-hydroxylation sites is 1. The number of hydrogen-bond acceptors (Lipinski definition) is 3. The molecule has 0 N–H and O–H groups in total. The number of rotatable bonds is 5. The molecular formula is C20H20BrN3O. The fraction of sp³-hybridized carbons (Fsp3) is 0.200. The van der Waals surface area contributed by atoms with Crippen LogP contribution in [0.3, 0.4) is 0 Å². The molecule has 0 spiro atoms. The van der Waals surface area contributed by atoms with E-state index in [2.05, 4.69) is 20.8 Å². The van der Waals surface area contributed by atoms with E-state index in [4.69, 9.17) is 4.98 Å². The highest BCUT2D eigenvalue weighted by atomic mass is 79.9. The van der Waals surface area contributed by atoms with Crippen LogP contribution in [0.25, 0.3) is 23.1 Å². The third kappa shape index (κ3) is 4.06. The third-order valence-electron chi connectivity index (χ3n) is 3.98. The van der Waals surface area contributed by atoms with Crippen LogP contribution in [0.5, 0.6) is 0 Å². The summed E-state index contributed by atoms with van der Waals surface area (Å²) >= 11 is 3.55. The largest absolute Gasteiger partial charge is 0.308 e. The predicted molar refractivity (Wildman–Crippen MR) is 108 cm³/mol. The SMILES string of the molecule is CN(C)CCn1c(/C=C/c2ccccc2Br)nc2ccccc2c1=O. The second-order valence-corrected chi connectivity index (χ2v) is 6.96. The Morgan fingerprint density at radius 2 is 1.80 bits per heavy atom. The first-order valence-corrected chi connectivity index (χ1v) is 8.92. The van der Waals surface area contributed by atoms with Crippen molar-refractivity contribution in [2.24, 2.45) is 0 Å². The van der Waals surface area contributed by atoms with Gasteiger partial charge in [0.15, 0.2) is 0 Å². The Kier molecular flexibility index (Phi) is 5.46. The molecule has 0 atom stereocenters. The highest BCUT2D eigenvalue weighted by Crippen LogP contribution is 2.18. The minimum absolute atomic E-state index is 0.000715. The van der Waals surface area contributed by atoms with Gasteiger partial charge in [-0.05, 0) is 43.9 Å². The van der Waals surface area contributed by atoms with Gasteiger partial charge >= 0.3 is 0 Å². The Labute approximate surface area is 155 Å². The molecule has 0 fully saturated rings. The zero-order chi connectivity index (χ0) is 17.8. The van der Waals surface area contributed by atoms with Crippen molar-refractivity contribution < 1.29 is 0 Å². The van der Waals surface area contributed by atoms with Gasteiger partial charge in [0.1, 0.15) is 5.82 Å². The smallest absolute Gasteiger partial charge is 0.261 e. The number of nitrogens with zero attached hydrogens (tertiary/aromatic N) is 3. The van der Waals surface area contributed by atoms with Crippen LogP contribution in [-0.2, 0) is 6.54 Å². The number of fused-ring (bicyclic) bond motifs is 1. The van der Waals surface area contributed by atoms with E-state index < -0.39 is 0 Å². The van der Waals surface area contributed by atoms with Crippen LogP contribution in [0, 0.1) is 0 Å². The highest BCUT2D eigenvalue weighted by molar-refractivity contribution is 9.10. The maximum Gasteiger partial charge on any atom is 0.261 e. The molecule has 0 amide bonds. The number of halogens is 1. The van der Waals surface area contributed by atoms with E-state index in [1.54, 1.807) is 4.57 Å². The normalized spacial score (nSPS) is 11.7. The minimum atomic E-state index is -0.000715. The fourth-order valence-corrected chi connectivity index (χ4v) is 3.02. The van der Waals surface area contributed by atoms with Crippen molar-refractivity contribution in [2.45, 2.75) is 6.54 Å². The Balaban J connectivity index is 2.10. The van der Waals surface area contributed by atoms with E-state index in [0.29, 0.717) is 17.8 Å². The van der Waals surface area contributed by atoms with Gasteiger partial charge in [-0.15, -0.1) is 0 Å². The average Bonchev–Trinajstić information content (AvgIpc) is 2.60. The van der Waals surface area contributed by atoms with Crippen LogP contribution in [0.1, 0.15) is 11.4 Å². The van der Waals surface area contributed by atoms with Gasteiger partial charge in [-0.25, -0.2) is 4.98 Å². The second-order valence-electron chi connectivity index (χ2n) is 6.10. The van der Waals surface area contributed by atoms with Gasteiger partial charge in [-0.1, -0.05) is 52.3 Å². The fourth-order valence-electron chi connectivity index (χ4n) is 2.60. The van der Waals surface area contributed by atoms with Gasteiger partial charge in [0.25, 0.3) is 5.56 Å². The van der Waals surface area contributed by atoms with Crippen LogP contribution < -0.4 is 5.56 Å². The molecule has 0 unspecified atom stereocenters. The second kappa shape index (κ2) is 7.76. The molecule has 0 saturated heterocycles. The molecule has 3 aromatic rings. The molecule has 0 aliphatic heterocycles. The molecule has 0 aliphatic carbocycles. The summed E-state index contributed by atoms with van der Waals surface area (Å²) < 4.78 is 2.75. The summed E-state index contributed by atoms with van der Waals surface area (Å²) in [6.45, 7) is 1.37. The van der Waals surface area contributed by atoms with Crippen molar-refractivity contribution in [1.82, 2.24) is 14.5 Å². The van der Waals surface area contributed by atoms with E-state index in [9.17, 15) is 4.79 Å². The summed E-state index contributed by atoms with van der Waals surface area (Å²) in [4.78, 5) is 19.7. The first kappa shape index (κ1) is 17.6. The molecule has 1 heterocycles. The minimum Gasteiger partial charge on any atom is -0.308 e. The van der Waals surface area contributed by atoms with Gasteiger partial charge in [0.05, 0.1) is 10.9 Å². The monoisotopic (exact) mass is 397 g/mol. The lowest BCUT2D eigenvalue weighted by atomic mass is 10.2. The van der Waals surface area contributed by atoms with E-state index in [1.807, 2.05) is 74.8 Å². The van der Waals surface area contributed by atoms with E-state index in [-0.39, 0.29) is 5.56 Å². The summed E-state index contributed by atoms with van der Waals surface area (Å²) in [5.41, 5.74) is 1.77. The Bertz CT molecular complexity index is 976. The van der Waals surface area contributed by atoms with Gasteiger partial charge in [-0.2, -0.15) is 0 Å². The molecule has 0 saturated carbocycles. The van der Waals surface area contributed by atoms with Crippen LogP contribution in [0.4, 0.5) is 0 Å². The van der Waals surface area contributed by atoms with Crippen molar-refractivity contribution in [2.75, 3.05) is 20.6 Å². The standard InChI is InChI=1S/C20H20BrN3O/c1-23(2)13-14-24-19(12-11-15-7-3-5-9-17(15)21)22-18-10-6-4-8-16(18)20(24)25/h3-12H,13-14H2,1-2H3/b12-11+. The number of benzene rings is 2. The third-order valence-corrected chi connectivity index (χ3v) is 4.70. The number of likely N-dealkylation sites (N-methyl/N-ethyl adjacent to an activating group) is 1. The van der Waals surface area contributed by atoms with E-state index in [1.165, 1.54) is 0 Å². The van der Waals surface area contributed by atoms with E-state index in [0.717, 1.165) is 22.1 Å². The molecule has 0 aliphatic rings. The van der Waals surface area contributed by atoms with Gasteiger partial charge < -0.3 is 4.90 Å². The molecule has 3 rings (SSSR count). The summed E-state index contributed by atoms with van der Waals surface area (Å²) in [5.74, 6) is 0.668. The van der Waals surface area contributed by atoms with Crippen molar-refractivity contribution in [3.63, 3.8) is 0 Å². The zero-order valence-corrected chi connectivity index (χ0v) is 15.9. The quantitative estimate of drug-likeness (QED) is 0.655. The first-order chi connectivity index (χ1) is 12.1. The predicted octanol–water partition coefficient (Wildman–Crippen LogP) is 3.89. The summed E-state index contributed by atoms with van der Waals surface area (Å²) in [7, 11) is 3.99. The molecular weight excluding hydrogens is 378 g/mol. The van der Waals surface area contributed by atoms with Crippen molar-refractivity contribution >= 4 is 39.0 Å². The van der Waals surface area contributed by atoms with Crippen LogP contribution in [0.15, 0.2) is 57.8 Å². The van der Waals surface area contributed by atoms with Crippen LogP contribution >= 0.6 is 15.9 Å². The zero-order valence-electron chi connectivity index (χ0n) is 14.3. The molecule has 1 aromatic heterocycles. The topological polar surface area (TPSA) is 38.1 Å². The van der Waals surface area contributed by atoms with E-state index >= 15 is 0 Å². The molecule has 4 nitrogen and oxygen atoms in total. The molecule has 25 heavy (non-hydrogen) atoms. The highest BCUT2D eigenvalue weighted by Gasteiger charge is 2.09. The average molecular weight is 398 g/mol. The molecule has 2 aromatic carbocycles. The maximum atomic E-state index is 12.9. The molecule has 5 heteroatoms. The van der Waals surface area contributed by atoms with Crippen molar-refractivity contribution in [3.05, 3.63) is 74.7 Å². The Morgan fingerprint density at radius 1 is 1.08 bits per heavy atom. The molecule has 0 bridgehead atoms.